The van der Waals surface area contributed by atoms with Crippen LogP contribution >= 0.6 is 15.9 Å². The third-order valence-electron chi connectivity index (χ3n) is 2.45. The van der Waals surface area contributed by atoms with Crippen molar-refractivity contribution in [2.75, 3.05) is 11.1 Å². The molecule has 0 saturated carbocycles. The molecule has 2 aromatic carbocycles. The molecular formula is C13H9BrF2N2O. The molecule has 3 N–H and O–H groups in total. The maximum absolute atomic E-state index is 13.0. The number of carbonyl (C=O) groups is 1. The van der Waals surface area contributed by atoms with Crippen molar-refractivity contribution >= 4 is 33.2 Å². The van der Waals surface area contributed by atoms with E-state index < -0.39 is 17.5 Å². The van der Waals surface area contributed by atoms with Crippen LogP contribution in [0.25, 0.3) is 0 Å². The van der Waals surface area contributed by atoms with E-state index in [0.29, 0.717) is 15.7 Å². The van der Waals surface area contributed by atoms with Gasteiger partial charge in [0.05, 0.1) is 10.0 Å². The molecule has 0 fully saturated rings. The van der Waals surface area contributed by atoms with Crippen LogP contribution in [-0.4, -0.2) is 5.91 Å². The van der Waals surface area contributed by atoms with Crippen LogP contribution in [-0.2, 0) is 0 Å². The minimum atomic E-state index is -1.02. The standard InChI is InChI=1S/C13H9BrF2N2O/c14-12-8(2-1-3-11(12)17)13(19)18-7-4-5-9(15)10(16)6-7/h1-6H,17H2,(H,18,19). The number of nitrogen functional groups attached to an aromatic ring is 1. The topological polar surface area (TPSA) is 55.1 Å². The van der Waals surface area contributed by atoms with E-state index in [-0.39, 0.29) is 5.69 Å². The van der Waals surface area contributed by atoms with Crippen molar-refractivity contribution in [2.24, 2.45) is 0 Å². The Bertz CT molecular complexity index is 647. The zero-order valence-electron chi connectivity index (χ0n) is 9.58. The summed E-state index contributed by atoms with van der Waals surface area (Å²) in [6.45, 7) is 0. The molecular weight excluding hydrogens is 318 g/mol. The Morgan fingerprint density at radius 3 is 2.58 bits per heavy atom. The second-order valence-corrected chi connectivity index (χ2v) is 4.58. The molecule has 0 saturated heterocycles. The van der Waals surface area contributed by atoms with Crippen molar-refractivity contribution in [3.63, 3.8) is 0 Å². The fourth-order valence-electron chi connectivity index (χ4n) is 1.50. The Hall–Kier alpha value is -1.95. The number of nitrogens with one attached hydrogen (secondary N) is 1. The predicted octanol–water partition coefficient (Wildman–Crippen LogP) is 3.56. The van der Waals surface area contributed by atoms with E-state index in [1.165, 1.54) is 6.07 Å². The third kappa shape index (κ3) is 2.90. The van der Waals surface area contributed by atoms with Gasteiger partial charge in [0.2, 0.25) is 0 Å². The molecule has 98 valence electrons. The lowest BCUT2D eigenvalue weighted by molar-refractivity contribution is 0.102. The molecule has 2 aromatic rings. The van der Waals surface area contributed by atoms with E-state index >= 15 is 0 Å². The molecule has 0 atom stereocenters. The van der Waals surface area contributed by atoms with Crippen molar-refractivity contribution < 1.29 is 13.6 Å². The van der Waals surface area contributed by atoms with Crippen molar-refractivity contribution in [2.45, 2.75) is 0 Å². The second kappa shape index (κ2) is 5.36. The van der Waals surface area contributed by atoms with Crippen LogP contribution in [0.1, 0.15) is 10.4 Å². The lowest BCUT2D eigenvalue weighted by Gasteiger charge is -2.08. The summed E-state index contributed by atoms with van der Waals surface area (Å²) in [5, 5.41) is 2.46. The largest absolute Gasteiger partial charge is 0.398 e. The zero-order valence-corrected chi connectivity index (χ0v) is 11.2. The minimum Gasteiger partial charge on any atom is -0.398 e. The highest BCUT2D eigenvalue weighted by molar-refractivity contribution is 9.10. The molecule has 19 heavy (non-hydrogen) atoms. The van der Waals surface area contributed by atoms with Gasteiger partial charge in [-0.2, -0.15) is 0 Å². The minimum absolute atomic E-state index is 0.165. The quantitative estimate of drug-likeness (QED) is 0.829. The molecule has 3 nitrogen and oxygen atoms in total. The molecule has 0 radical (unpaired) electrons. The third-order valence-corrected chi connectivity index (χ3v) is 3.34. The van der Waals surface area contributed by atoms with Gasteiger partial charge in [0.15, 0.2) is 11.6 Å². The number of amides is 1. The van der Waals surface area contributed by atoms with Gasteiger partial charge in [0.25, 0.3) is 5.91 Å². The van der Waals surface area contributed by atoms with Crippen molar-refractivity contribution in [1.82, 2.24) is 0 Å². The summed E-state index contributed by atoms with van der Waals surface area (Å²) < 4.78 is 26.2. The molecule has 1 amide bonds. The van der Waals surface area contributed by atoms with Crippen LogP contribution in [0.15, 0.2) is 40.9 Å². The van der Waals surface area contributed by atoms with Gasteiger partial charge >= 0.3 is 0 Å². The number of rotatable bonds is 2. The molecule has 0 aromatic heterocycles. The van der Waals surface area contributed by atoms with E-state index in [9.17, 15) is 13.6 Å². The monoisotopic (exact) mass is 326 g/mol. The molecule has 0 heterocycles. The Morgan fingerprint density at radius 1 is 1.16 bits per heavy atom. The van der Waals surface area contributed by atoms with E-state index in [1.807, 2.05) is 0 Å². The fourth-order valence-corrected chi connectivity index (χ4v) is 1.94. The molecule has 6 heteroatoms. The smallest absolute Gasteiger partial charge is 0.256 e. The molecule has 0 aliphatic rings. The summed E-state index contributed by atoms with van der Waals surface area (Å²) in [6.07, 6.45) is 0. The Balaban J connectivity index is 2.26. The van der Waals surface area contributed by atoms with Gasteiger partial charge in [-0.1, -0.05) is 6.07 Å². The molecule has 0 aliphatic heterocycles. The first-order chi connectivity index (χ1) is 8.99. The van der Waals surface area contributed by atoms with Crippen LogP contribution in [0.3, 0.4) is 0 Å². The van der Waals surface area contributed by atoms with Gasteiger partial charge in [-0.3, -0.25) is 4.79 Å². The van der Waals surface area contributed by atoms with Crippen LogP contribution in [0.4, 0.5) is 20.2 Å². The number of carbonyl (C=O) groups excluding carboxylic acids is 1. The lowest BCUT2D eigenvalue weighted by Crippen LogP contribution is -2.13. The highest BCUT2D eigenvalue weighted by Gasteiger charge is 2.12. The predicted molar refractivity (Wildman–Crippen MR) is 72.9 cm³/mol. The number of halogens is 3. The van der Waals surface area contributed by atoms with Crippen LogP contribution in [0.2, 0.25) is 0 Å². The second-order valence-electron chi connectivity index (χ2n) is 3.79. The SMILES string of the molecule is Nc1cccc(C(=O)Nc2ccc(F)c(F)c2)c1Br. The van der Waals surface area contributed by atoms with Crippen molar-refractivity contribution in [3.05, 3.63) is 58.1 Å². The average molecular weight is 327 g/mol. The van der Waals surface area contributed by atoms with Crippen molar-refractivity contribution in [1.29, 1.82) is 0 Å². The van der Waals surface area contributed by atoms with Gasteiger partial charge < -0.3 is 11.1 Å². The van der Waals surface area contributed by atoms with Crippen LogP contribution < -0.4 is 11.1 Å². The van der Waals surface area contributed by atoms with Gasteiger partial charge in [-0.25, -0.2) is 8.78 Å². The molecule has 0 spiro atoms. The van der Waals surface area contributed by atoms with E-state index in [1.54, 1.807) is 18.2 Å². The summed E-state index contributed by atoms with van der Waals surface area (Å²) in [5.41, 5.74) is 6.55. The number of benzene rings is 2. The van der Waals surface area contributed by atoms with Crippen molar-refractivity contribution in [3.8, 4) is 0 Å². The Kier molecular flexibility index (Phi) is 3.80. The van der Waals surface area contributed by atoms with E-state index in [4.69, 9.17) is 5.73 Å². The van der Waals surface area contributed by atoms with E-state index in [0.717, 1.165) is 12.1 Å². The Labute approximate surface area is 116 Å². The van der Waals surface area contributed by atoms with Gasteiger partial charge in [0, 0.05) is 17.4 Å². The molecule has 0 bridgehead atoms. The number of hydrogen-bond donors (Lipinski definition) is 2. The highest BCUT2D eigenvalue weighted by atomic mass is 79.9. The lowest BCUT2D eigenvalue weighted by atomic mass is 10.2. The maximum atomic E-state index is 13.0. The van der Waals surface area contributed by atoms with Crippen LogP contribution in [0.5, 0.6) is 0 Å². The molecule has 0 unspecified atom stereocenters. The van der Waals surface area contributed by atoms with Gasteiger partial charge in [-0.05, 0) is 40.2 Å². The number of nitrogens with two attached hydrogens (primary N) is 1. The zero-order chi connectivity index (χ0) is 14.0. The molecule has 2 rings (SSSR count). The summed E-state index contributed by atoms with van der Waals surface area (Å²) in [4.78, 5) is 12.0. The highest BCUT2D eigenvalue weighted by Crippen LogP contribution is 2.24. The maximum Gasteiger partial charge on any atom is 0.256 e. The summed E-state index contributed by atoms with van der Waals surface area (Å²) in [6, 6.07) is 7.96. The first-order valence-electron chi connectivity index (χ1n) is 5.29. The van der Waals surface area contributed by atoms with Crippen LogP contribution in [0, 0.1) is 11.6 Å². The normalized spacial score (nSPS) is 10.3. The summed E-state index contributed by atoms with van der Waals surface area (Å²) in [7, 11) is 0. The Morgan fingerprint density at radius 2 is 1.89 bits per heavy atom. The summed E-state index contributed by atoms with van der Waals surface area (Å²) in [5.74, 6) is -2.46. The first-order valence-corrected chi connectivity index (χ1v) is 6.08. The number of hydrogen-bond acceptors (Lipinski definition) is 2. The van der Waals surface area contributed by atoms with Gasteiger partial charge in [0.1, 0.15) is 0 Å². The fraction of sp³-hybridized carbons (Fsp3) is 0. The number of anilines is 2. The first kappa shape index (κ1) is 13.5. The molecule has 0 aliphatic carbocycles. The van der Waals surface area contributed by atoms with E-state index in [2.05, 4.69) is 21.2 Å². The van der Waals surface area contributed by atoms with Gasteiger partial charge in [-0.15, -0.1) is 0 Å². The summed E-state index contributed by atoms with van der Waals surface area (Å²) >= 11 is 3.20. The average Bonchev–Trinajstić information content (AvgIpc) is 2.37.